The first-order chi connectivity index (χ1) is 12.8. The Morgan fingerprint density at radius 2 is 1.96 bits per heavy atom. The predicted molar refractivity (Wildman–Crippen MR) is 99.9 cm³/mol. The number of likely N-dealkylation sites (tertiary alicyclic amines) is 1. The van der Waals surface area contributed by atoms with E-state index in [1.807, 2.05) is 0 Å². The second kappa shape index (κ2) is 5.10. The molecule has 3 N–H and O–H groups in total. The molecule has 0 amide bonds. The molecular formula is C22H35NO4. The van der Waals surface area contributed by atoms with Gasteiger partial charge in [0.1, 0.15) is 0 Å². The molecule has 5 heteroatoms. The van der Waals surface area contributed by atoms with Crippen LogP contribution in [-0.2, 0) is 4.74 Å². The number of hydrogen-bond donors (Lipinski definition) is 3. The van der Waals surface area contributed by atoms with Crippen molar-refractivity contribution in [1.29, 1.82) is 0 Å². The van der Waals surface area contributed by atoms with Crippen LogP contribution in [0.5, 0.6) is 0 Å². The van der Waals surface area contributed by atoms with Crippen molar-refractivity contribution in [2.24, 2.45) is 40.4 Å². The van der Waals surface area contributed by atoms with Crippen LogP contribution in [0.15, 0.2) is 0 Å². The third kappa shape index (κ3) is 1.66. The largest absolute Gasteiger partial charge is 0.392 e. The van der Waals surface area contributed by atoms with Crippen LogP contribution in [0.3, 0.4) is 0 Å². The van der Waals surface area contributed by atoms with Crippen molar-refractivity contribution in [3.63, 3.8) is 0 Å². The summed E-state index contributed by atoms with van der Waals surface area (Å²) in [6.45, 7) is 6.74. The lowest BCUT2D eigenvalue weighted by molar-refractivity contribution is -0.266. The maximum Gasteiger partial charge on any atom is 0.0771 e. The van der Waals surface area contributed by atoms with Gasteiger partial charge in [-0.1, -0.05) is 13.8 Å². The summed E-state index contributed by atoms with van der Waals surface area (Å²) in [4.78, 5) is 2.60. The molecule has 1 aliphatic heterocycles. The van der Waals surface area contributed by atoms with Crippen LogP contribution in [0.1, 0.15) is 46.0 Å². The molecule has 5 aliphatic carbocycles. The van der Waals surface area contributed by atoms with Gasteiger partial charge in [-0.15, -0.1) is 0 Å². The first kappa shape index (κ1) is 17.6. The van der Waals surface area contributed by atoms with Crippen molar-refractivity contribution >= 4 is 0 Å². The Bertz CT molecular complexity index is 673. The van der Waals surface area contributed by atoms with Gasteiger partial charge in [0.2, 0.25) is 0 Å². The summed E-state index contributed by atoms with van der Waals surface area (Å²) in [7, 11) is 1.73. The number of piperidine rings is 1. The number of aliphatic hydroxyl groups excluding tert-OH is 2. The quantitative estimate of drug-likeness (QED) is 0.676. The van der Waals surface area contributed by atoms with Gasteiger partial charge in [0.05, 0.1) is 23.9 Å². The number of methoxy groups -OCH3 is 1. The zero-order chi connectivity index (χ0) is 18.9. The van der Waals surface area contributed by atoms with E-state index in [1.54, 1.807) is 7.11 Å². The summed E-state index contributed by atoms with van der Waals surface area (Å²) < 4.78 is 5.79. The summed E-state index contributed by atoms with van der Waals surface area (Å²) in [6.07, 6.45) is 3.66. The molecule has 152 valence electrons. The monoisotopic (exact) mass is 377 g/mol. The minimum absolute atomic E-state index is 0.0657. The van der Waals surface area contributed by atoms with Crippen molar-refractivity contribution in [3.05, 3.63) is 0 Å². The molecule has 7 bridgehead atoms. The van der Waals surface area contributed by atoms with E-state index >= 15 is 0 Å². The predicted octanol–water partition coefficient (Wildman–Crippen LogP) is 1.25. The highest BCUT2D eigenvalue weighted by molar-refractivity contribution is 5.32. The van der Waals surface area contributed by atoms with Gasteiger partial charge in [-0.3, -0.25) is 4.90 Å². The van der Waals surface area contributed by atoms with Crippen LogP contribution in [-0.4, -0.2) is 70.4 Å². The van der Waals surface area contributed by atoms with Crippen molar-refractivity contribution in [2.45, 2.75) is 75.9 Å². The molecule has 0 radical (unpaired) electrons. The van der Waals surface area contributed by atoms with Crippen molar-refractivity contribution in [3.8, 4) is 0 Å². The number of rotatable bonds is 2. The molecular weight excluding hydrogens is 342 g/mol. The van der Waals surface area contributed by atoms with E-state index in [1.165, 1.54) is 0 Å². The van der Waals surface area contributed by atoms with Crippen LogP contribution >= 0.6 is 0 Å². The fourth-order valence-corrected chi connectivity index (χ4v) is 10.1. The number of nitrogens with zero attached hydrogens (tertiary/aromatic N) is 1. The zero-order valence-corrected chi connectivity index (χ0v) is 16.8. The molecule has 0 aromatic rings. The smallest absolute Gasteiger partial charge is 0.0771 e. The second-order valence-corrected chi connectivity index (χ2v) is 11.1. The first-order valence-corrected chi connectivity index (χ1v) is 11.2. The van der Waals surface area contributed by atoms with E-state index in [2.05, 4.69) is 18.7 Å². The maximum atomic E-state index is 12.1. The van der Waals surface area contributed by atoms with Gasteiger partial charge in [-0.05, 0) is 49.5 Å². The van der Waals surface area contributed by atoms with Gasteiger partial charge < -0.3 is 20.1 Å². The second-order valence-electron chi connectivity index (χ2n) is 11.1. The number of ether oxygens (including phenoxy) is 1. The Labute approximate surface area is 162 Å². The minimum Gasteiger partial charge on any atom is -0.392 e. The van der Waals surface area contributed by atoms with E-state index in [0.29, 0.717) is 12.3 Å². The molecule has 0 aromatic heterocycles. The van der Waals surface area contributed by atoms with Crippen molar-refractivity contribution in [2.75, 3.05) is 20.2 Å². The standard InChI is InChI=1S/C22H35NO4/c1-4-23-10-20(2)6-5-16(24)22-12-7-11-14(27-3)9-21(26,17(12)18(11)25)13(19(22)23)8-15(20)22/h11-19,24-26H,4-10H2,1-3H3/t11-,12-,13+,14+,15-,16+,17-,18+,19-,20-,21+,22-/m1/s1. The average Bonchev–Trinajstić information content (AvgIpc) is 3.07. The highest BCUT2D eigenvalue weighted by Crippen LogP contribution is 2.78. The van der Waals surface area contributed by atoms with E-state index in [9.17, 15) is 15.3 Å². The molecule has 1 heterocycles. The first-order valence-electron chi connectivity index (χ1n) is 11.2. The maximum absolute atomic E-state index is 12.1. The molecule has 6 fully saturated rings. The molecule has 1 saturated heterocycles. The topological polar surface area (TPSA) is 73.2 Å². The highest BCUT2D eigenvalue weighted by Gasteiger charge is 2.82. The van der Waals surface area contributed by atoms with E-state index in [4.69, 9.17) is 4.74 Å². The third-order valence-corrected chi connectivity index (χ3v) is 10.7. The summed E-state index contributed by atoms with van der Waals surface area (Å²) in [5.74, 6) is 0.840. The van der Waals surface area contributed by atoms with Gasteiger partial charge in [0, 0.05) is 49.3 Å². The summed E-state index contributed by atoms with van der Waals surface area (Å²) in [5.41, 5.74) is -0.788. The lowest BCUT2D eigenvalue weighted by Crippen LogP contribution is -2.75. The molecule has 1 spiro atoms. The highest BCUT2D eigenvalue weighted by atomic mass is 16.5. The zero-order valence-electron chi connectivity index (χ0n) is 16.8. The fraction of sp³-hybridized carbons (Fsp3) is 1.00. The lowest BCUT2D eigenvalue weighted by atomic mass is 9.43. The summed E-state index contributed by atoms with van der Waals surface area (Å²) >= 11 is 0. The SMILES string of the molecule is CCN1C[C@@]2(C)CC[C@H](O)[C@@]34[C@@H]5C[C@H]6[C@H](O)[C@@H]5[C@](O)(C[C@@H]6OC)[C@@H](C[C@H]23)[C@@H]14. The molecule has 5 nitrogen and oxygen atoms in total. The molecule has 0 aromatic carbocycles. The Morgan fingerprint density at radius 3 is 2.67 bits per heavy atom. The average molecular weight is 378 g/mol. The van der Waals surface area contributed by atoms with Crippen LogP contribution in [0.25, 0.3) is 0 Å². The van der Waals surface area contributed by atoms with Crippen LogP contribution in [0.4, 0.5) is 0 Å². The van der Waals surface area contributed by atoms with Crippen LogP contribution in [0, 0.1) is 40.4 Å². The number of hydrogen-bond acceptors (Lipinski definition) is 5. The van der Waals surface area contributed by atoms with Gasteiger partial charge in [0.15, 0.2) is 0 Å². The van der Waals surface area contributed by atoms with Gasteiger partial charge in [-0.25, -0.2) is 0 Å². The third-order valence-electron chi connectivity index (χ3n) is 10.7. The van der Waals surface area contributed by atoms with Gasteiger partial charge >= 0.3 is 0 Å². The number of aliphatic hydroxyl groups is 3. The Hall–Kier alpha value is -0.200. The molecule has 27 heavy (non-hydrogen) atoms. The minimum atomic E-state index is -0.858. The van der Waals surface area contributed by atoms with Crippen molar-refractivity contribution < 1.29 is 20.1 Å². The number of fused-ring (bicyclic) bond motifs is 2. The molecule has 0 unspecified atom stereocenters. The van der Waals surface area contributed by atoms with Gasteiger partial charge in [0.25, 0.3) is 0 Å². The van der Waals surface area contributed by atoms with Crippen LogP contribution in [0.2, 0.25) is 0 Å². The van der Waals surface area contributed by atoms with Gasteiger partial charge in [-0.2, -0.15) is 0 Å². The molecule has 5 saturated carbocycles. The lowest BCUT2D eigenvalue weighted by Gasteiger charge is -2.68. The Kier molecular flexibility index (Phi) is 3.33. The Morgan fingerprint density at radius 1 is 1.19 bits per heavy atom. The molecule has 6 rings (SSSR count). The summed E-state index contributed by atoms with van der Waals surface area (Å²) in [5, 5.41) is 34.9. The van der Waals surface area contributed by atoms with E-state index < -0.39 is 11.7 Å². The Balaban J connectivity index is 1.59. The van der Waals surface area contributed by atoms with Crippen LogP contribution < -0.4 is 0 Å². The molecule has 12 atom stereocenters. The van der Waals surface area contributed by atoms with E-state index in [-0.39, 0.29) is 52.8 Å². The van der Waals surface area contributed by atoms with E-state index in [0.717, 1.165) is 38.8 Å². The fourth-order valence-electron chi connectivity index (χ4n) is 10.1. The summed E-state index contributed by atoms with van der Waals surface area (Å²) in [6, 6.07) is 0.253. The molecule has 6 aliphatic rings. The normalized spacial score (nSPS) is 66.2. The van der Waals surface area contributed by atoms with Crippen molar-refractivity contribution in [1.82, 2.24) is 4.90 Å².